The number of nitrogens with zero attached hydrogens (tertiary/aromatic N) is 3. The maximum atomic E-state index is 13.2. The lowest BCUT2D eigenvalue weighted by atomic mass is 10.0. The van der Waals surface area contributed by atoms with Crippen LogP contribution < -0.4 is 16.0 Å². The number of fused-ring (bicyclic) bond motifs is 1. The van der Waals surface area contributed by atoms with E-state index < -0.39 is 17.5 Å². The molecular weight excluding hydrogens is 365 g/mol. The molecule has 2 heterocycles. The molecule has 2 amide bonds. The van der Waals surface area contributed by atoms with Gasteiger partial charge in [0.1, 0.15) is 17.3 Å². The second kappa shape index (κ2) is 7.79. The average Bonchev–Trinajstić information content (AvgIpc) is 3.04. The van der Waals surface area contributed by atoms with Crippen molar-refractivity contribution < 1.29 is 14.4 Å². The fourth-order valence-corrected chi connectivity index (χ4v) is 2.77. The predicted molar refractivity (Wildman–Crippen MR) is 104 cm³/mol. The molecule has 0 spiro atoms. The molecule has 1 aromatic carbocycles. The molecule has 0 aliphatic rings. The van der Waals surface area contributed by atoms with Gasteiger partial charge in [0.25, 0.3) is 0 Å². The van der Waals surface area contributed by atoms with E-state index in [0.29, 0.717) is 22.7 Å². The average molecular weight is 387 g/mol. The highest BCUT2D eigenvalue weighted by atomic mass is 19.1. The highest BCUT2D eigenvalue weighted by molar-refractivity contribution is 5.94. The molecule has 0 fully saturated rings. The minimum atomic E-state index is -1.28. The van der Waals surface area contributed by atoms with Crippen molar-refractivity contribution >= 4 is 28.6 Å². The van der Waals surface area contributed by atoms with Crippen molar-refractivity contribution in [1.29, 1.82) is 0 Å². The van der Waals surface area contributed by atoms with Crippen LogP contribution in [0.3, 0.4) is 0 Å². The third-order valence-electron chi connectivity index (χ3n) is 4.44. The SMILES string of the molecule is CCNc1n[nH]c2cc(NC(=O)N[C@](C)(c3ccc(F)cc3)N(C)O)ncc12. The van der Waals surface area contributed by atoms with E-state index in [1.807, 2.05) is 6.92 Å². The van der Waals surface area contributed by atoms with Gasteiger partial charge in [0.15, 0.2) is 5.82 Å². The zero-order valence-corrected chi connectivity index (χ0v) is 15.7. The van der Waals surface area contributed by atoms with Gasteiger partial charge in [0.2, 0.25) is 0 Å². The van der Waals surface area contributed by atoms with Gasteiger partial charge in [-0.15, -0.1) is 0 Å². The number of carbonyl (C=O) groups excluding carboxylic acids is 1. The van der Waals surface area contributed by atoms with Crippen LogP contribution in [-0.4, -0.2) is 45.1 Å². The second-order valence-corrected chi connectivity index (χ2v) is 6.40. The molecule has 0 aliphatic heterocycles. The minimum Gasteiger partial charge on any atom is -0.368 e. The zero-order chi connectivity index (χ0) is 20.3. The number of hydrogen-bond donors (Lipinski definition) is 5. The Balaban J connectivity index is 1.77. The zero-order valence-electron chi connectivity index (χ0n) is 15.7. The summed E-state index contributed by atoms with van der Waals surface area (Å²) >= 11 is 0. The lowest BCUT2D eigenvalue weighted by Gasteiger charge is -2.35. The van der Waals surface area contributed by atoms with E-state index in [9.17, 15) is 14.4 Å². The van der Waals surface area contributed by atoms with Gasteiger partial charge in [0, 0.05) is 25.9 Å². The highest BCUT2D eigenvalue weighted by Gasteiger charge is 2.33. The van der Waals surface area contributed by atoms with E-state index in [1.54, 1.807) is 19.2 Å². The molecule has 148 valence electrons. The summed E-state index contributed by atoms with van der Waals surface area (Å²) in [6.45, 7) is 4.28. The van der Waals surface area contributed by atoms with E-state index in [1.165, 1.54) is 31.3 Å². The number of aromatic amines is 1. The first-order valence-electron chi connectivity index (χ1n) is 8.69. The lowest BCUT2D eigenvalue weighted by Crippen LogP contribution is -2.54. The highest BCUT2D eigenvalue weighted by Crippen LogP contribution is 2.24. The maximum absolute atomic E-state index is 13.2. The van der Waals surface area contributed by atoms with Crippen LogP contribution in [0.4, 0.5) is 20.8 Å². The van der Waals surface area contributed by atoms with Crippen LogP contribution in [0.25, 0.3) is 10.9 Å². The Morgan fingerprint density at radius 1 is 1.36 bits per heavy atom. The topological polar surface area (TPSA) is 118 Å². The number of amides is 2. The third kappa shape index (κ3) is 3.87. The van der Waals surface area contributed by atoms with Gasteiger partial charge < -0.3 is 15.8 Å². The van der Waals surface area contributed by atoms with E-state index in [-0.39, 0.29) is 0 Å². The largest absolute Gasteiger partial charge is 0.368 e. The maximum Gasteiger partial charge on any atom is 0.322 e. The number of urea groups is 1. The summed E-state index contributed by atoms with van der Waals surface area (Å²) in [4.78, 5) is 16.7. The Hall–Kier alpha value is -3.24. The van der Waals surface area contributed by atoms with E-state index >= 15 is 0 Å². The van der Waals surface area contributed by atoms with E-state index in [4.69, 9.17) is 0 Å². The molecular formula is C18H22FN7O2. The van der Waals surface area contributed by atoms with Crippen molar-refractivity contribution in [3.8, 4) is 0 Å². The summed E-state index contributed by atoms with van der Waals surface area (Å²) in [5.41, 5.74) is -0.0724. The van der Waals surface area contributed by atoms with Crippen LogP contribution in [-0.2, 0) is 5.66 Å². The molecule has 10 heteroatoms. The summed E-state index contributed by atoms with van der Waals surface area (Å²) in [5, 5.41) is 27.2. The van der Waals surface area contributed by atoms with Crippen molar-refractivity contribution in [3.63, 3.8) is 0 Å². The summed E-state index contributed by atoms with van der Waals surface area (Å²) in [6, 6.07) is 6.55. The van der Waals surface area contributed by atoms with Crippen molar-refractivity contribution in [2.75, 3.05) is 24.2 Å². The van der Waals surface area contributed by atoms with Crippen LogP contribution in [0, 0.1) is 5.82 Å². The Morgan fingerprint density at radius 3 is 2.71 bits per heavy atom. The number of hydrogen-bond acceptors (Lipinski definition) is 6. The second-order valence-electron chi connectivity index (χ2n) is 6.40. The van der Waals surface area contributed by atoms with Crippen molar-refractivity contribution in [1.82, 2.24) is 25.6 Å². The summed E-state index contributed by atoms with van der Waals surface area (Å²) in [5.74, 6) is 0.579. The molecule has 0 bridgehead atoms. The Bertz CT molecular complexity index is 974. The van der Waals surface area contributed by atoms with Crippen molar-refractivity contribution in [2.45, 2.75) is 19.5 Å². The van der Waals surface area contributed by atoms with Gasteiger partial charge in [-0.3, -0.25) is 10.4 Å². The van der Waals surface area contributed by atoms with Crippen LogP contribution in [0.1, 0.15) is 19.4 Å². The Kier molecular flexibility index (Phi) is 5.43. The fraction of sp³-hybridized carbons (Fsp3) is 0.278. The number of benzene rings is 1. The number of H-pyrrole nitrogens is 1. The quantitative estimate of drug-likeness (QED) is 0.328. The summed E-state index contributed by atoms with van der Waals surface area (Å²) < 4.78 is 13.2. The molecule has 9 nitrogen and oxygen atoms in total. The predicted octanol–water partition coefficient (Wildman–Crippen LogP) is 2.84. The molecule has 3 rings (SSSR count). The van der Waals surface area contributed by atoms with E-state index in [2.05, 4.69) is 31.1 Å². The smallest absolute Gasteiger partial charge is 0.322 e. The molecule has 3 aromatic rings. The van der Waals surface area contributed by atoms with Crippen LogP contribution in [0.15, 0.2) is 36.5 Å². The Morgan fingerprint density at radius 2 is 2.07 bits per heavy atom. The molecule has 28 heavy (non-hydrogen) atoms. The number of rotatable bonds is 6. The molecule has 0 unspecified atom stereocenters. The lowest BCUT2D eigenvalue weighted by molar-refractivity contribution is -0.158. The molecule has 5 N–H and O–H groups in total. The molecule has 2 aromatic heterocycles. The van der Waals surface area contributed by atoms with Gasteiger partial charge in [-0.2, -0.15) is 10.2 Å². The number of pyridine rings is 1. The summed E-state index contributed by atoms with van der Waals surface area (Å²) in [6.07, 6.45) is 1.60. The van der Waals surface area contributed by atoms with Crippen LogP contribution >= 0.6 is 0 Å². The number of hydroxylamine groups is 2. The number of carbonyl (C=O) groups is 1. The molecule has 1 atom stereocenters. The van der Waals surface area contributed by atoms with Crippen molar-refractivity contribution in [2.24, 2.45) is 0 Å². The molecule has 0 saturated carbocycles. The van der Waals surface area contributed by atoms with Gasteiger partial charge in [-0.05, 0) is 31.5 Å². The first-order chi connectivity index (χ1) is 13.3. The van der Waals surface area contributed by atoms with Gasteiger partial charge in [-0.25, -0.2) is 14.2 Å². The summed E-state index contributed by atoms with van der Waals surface area (Å²) in [7, 11) is 1.39. The van der Waals surface area contributed by atoms with E-state index in [0.717, 1.165) is 17.0 Å². The normalized spacial score (nSPS) is 13.4. The third-order valence-corrected chi connectivity index (χ3v) is 4.44. The number of anilines is 2. The van der Waals surface area contributed by atoms with Crippen molar-refractivity contribution in [3.05, 3.63) is 47.9 Å². The standard InChI is InChI=1S/C18H22FN7O2/c1-4-20-16-13-10-21-15(9-14(13)24-25-16)22-17(27)23-18(2,26(3)28)11-5-7-12(19)8-6-11/h5-10,28H,4H2,1-3H3,(H2,20,24,25)(H2,21,22,23,27)/t18-/m0/s1. The van der Waals surface area contributed by atoms with Crippen LogP contribution in [0.2, 0.25) is 0 Å². The van der Waals surface area contributed by atoms with Gasteiger partial charge >= 0.3 is 6.03 Å². The first-order valence-corrected chi connectivity index (χ1v) is 8.69. The molecule has 0 aliphatic carbocycles. The van der Waals surface area contributed by atoms with Gasteiger partial charge in [-0.1, -0.05) is 12.1 Å². The number of halogens is 1. The van der Waals surface area contributed by atoms with Gasteiger partial charge in [0.05, 0.1) is 10.9 Å². The van der Waals surface area contributed by atoms with Crippen LogP contribution in [0.5, 0.6) is 0 Å². The molecule has 0 radical (unpaired) electrons. The monoisotopic (exact) mass is 387 g/mol. The Labute approximate surface area is 160 Å². The minimum absolute atomic E-state index is 0.304. The number of aromatic nitrogens is 3. The fourth-order valence-electron chi connectivity index (χ4n) is 2.77. The molecule has 0 saturated heterocycles. The number of nitrogens with one attached hydrogen (secondary N) is 4. The first kappa shape index (κ1) is 19.5.